The highest BCUT2D eigenvalue weighted by Gasteiger charge is 1.79. The Balaban J connectivity index is 2.83. The first-order valence-corrected chi connectivity index (χ1v) is 2.42. The van der Waals surface area contributed by atoms with E-state index in [1.54, 1.807) is 0 Å². The van der Waals surface area contributed by atoms with Crippen molar-refractivity contribution in [1.29, 1.82) is 0 Å². The Bertz CT molecular complexity index is 47.9. The third kappa shape index (κ3) is 4.03. The van der Waals surface area contributed by atoms with Crippen LogP contribution in [0.5, 0.6) is 0 Å². The summed E-state index contributed by atoms with van der Waals surface area (Å²) in [4.78, 5) is 0. The summed E-state index contributed by atoms with van der Waals surface area (Å²) in [5, 5.41) is 0.512. The molecule has 0 amide bonds. The number of halogens is 1. The van der Waals surface area contributed by atoms with Crippen LogP contribution in [0.4, 0.5) is 0 Å². The third-order valence-electron chi connectivity index (χ3n) is 0.489. The van der Waals surface area contributed by atoms with E-state index in [9.17, 15) is 0 Å². The molecule has 1 radical (unpaired) electrons. The molecule has 0 aromatic heterocycles. The molecule has 1 heteroatoms. The van der Waals surface area contributed by atoms with Gasteiger partial charge in [-0.3, -0.25) is 0 Å². The van der Waals surface area contributed by atoms with Gasteiger partial charge in [0.15, 0.2) is 0 Å². The predicted molar refractivity (Wildman–Crippen MR) is 28.6 cm³/mol. The molecule has 0 aromatic carbocycles. The Morgan fingerprint density at radius 2 is 2.33 bits per heavy atom. The predicted octanol–water partition coefficient (Wildman–Crippen LogP) is 2.34. The Labute approximate surface area is 43.8 Å². The normalized spacial score (nSPS) is 8.33. The Morgan fingerprint density at radius 1 is 1.83 bits per heavy atom. The van der Waals surface area contributed by atoms with E-state index >= 15 is 0 Å². The Hall–Kier alpha value is 0.0300. The van der Waals surface area contributed by atoms with Crippen LogP contribution in [0.25, 0.3) is 0 Å². The van der Waals surface area contributed by atoms with E-state index in [-0.39, 0.29) is 0 Å². The third-order valence-corrected chi connectivity index (χ3v) is 0.678. The van der Waals surface area contributed by atoms with Gasteiger partial charge in [-0.15, -0.1) is 0 Å². The summed E-state index contributed by atoms with van der Waals surface area (Å²) in [7, 11) is 0. The molecule has 0 rings (SSSR count). The summed E-state index contributed by atoms with van der Waals surface area (Å²) in [5.74, 6) is 0. The first-order chi connectivity index (χ1) is 2.77. The van der Waals surface area contributed by atoms with Crippen molar-refractivity contribution in [2.75, 3.05) is 0 Å². The molecular weight excluding hydrogens is 95.5 g/mol. The fourth-order valence-electron chi connectivity index (χ4n) is 0.239. The highest BCUT2D eigenvalue weighted by Crippen LogP contribution is 2.03. The summed E-state index contributed by atoms with van der Waals surface area (Å²) >= 11 is 5.27. The zero-order valence-electron chi connectivity index (χ0n) is 3.87. The van der Waals surface area contributed by atoms with Crippen LogP contribution in [0.2, 0.25) is 0 Å². The second-order valence-electron chi connectivity index (χ2n) is 1.20. The van der Waals surface area contributed by atoms with Crippen LogP contribution in [-0.4, -0.2) is 0 Å². The molecule has 0 fully saturated rings. The molecule has 0 unspecified atom stereocenters. The van der Waals surface area contributed by atoms with Crippen LogP contribution in [0.15, 0.2) is 5.03 Å². The minimum absolute atomic E-state index is 0.512. The minimum atomic E-state index is 0.512. The van der Waals surface area contributed by atoms with Crippen LogP contribution in [0.3, 0.4) is 0 Å². The molecule has 0 nitrogen and oxygen atoms in total. The first-order valence-electron chi connectivity index (χ1n) is 2.04. The van der Waals surface area contributed by atoms with Crippen molar-refractivity contribution in [2.45, 2.75) is 19.8 Å². The number of hydrogen-bond acceptors (Lipinski definition) is 0. The van der Waals surface area contributed by atoms with Crippen molar-refractivity contribution in [1.82, 2.24) is 0 Å². The number of allylic oxidation sites excluding steroid dienone is 1. The van der Waals surface area contributed by atoms with Gasteiger partial charge in [0.05, 0.1) is 0 Å². The highest BCUT2D eigenvalue weighted by molar-refractivity contribution is 6.28. The molecule has 0 saturated carbocycles. The van der Waals surface area contributed by atoms with Gasteiger partial charge in [0, 0.05) is 5.03 Å². The zero-order chi connectivity index (χ0) is 4.99. The van der Waals surface area contributed by atoms with Crippen molar-refractivity contribution in [2.24, 2.45) is 0 Å². The van der Waals surface area contributed by atoms with Crippen LogP contribution >= 0.6 is 11.6 Å². The van der Waals surface area contributed by atoms with E-state index in [2.05, 4.69) is 0 Å². The molecular formula is C5H8Cl. The number of hydrogen-bond donors (Lipinski definition) is 0. The van der Waals surface area contributed by atoms with Gasteiger partial charge in [-0.2, -0.15) is 0 Å². The second kappa shape index (κ2) is 3.23. The summed E-state index contributed by atoms with van der Waals surface area (Å²) < 4.78 is 0. The molecule has 0 aliphatic heterocycles. The SMILES string of the molecule is [CH]=C(Cl)CCC. The van der Waals surface area contributed by atoms with Gasteiger partial charge >= 0.3 is 0 Å². The lowest BCUT2D eigenvalue weighted by molar-refractivity contribution is 0.946. The van der Waals surface area contributed by atoms with E-state index in [1.807, 2.05) is 6.92 Å². The van der Waals surface area contributed by atoms with Gasteiger partial charge in [0.1, 0.15) is 0 Å². The molecule has 0 aliphatic carbocycles. The lowest BCUT2D eigenvalue weighted by Gasteiger charge is -1.83. The van der Waals surface area contributed by atoms with Crippen molar-refractivity contribution in [3.05, 3.63) is 11.6 Å². The van der Waals surface area contributed by atoms with Gasteiger partial charge in [0.25, 0.3) is 0 Å². The summed E-state index contributed by atoms with van der Waals surface area (Å²) in [6.45, 7) is 7.12. The Morgan fingerprint density at radius 3 is 2.33 bits per heavy atom. The maximum atomic E-state index is 5.27. The highest BCUT2D eigenvalue weighted by atomic mass is 35.5. The van der Waals surface area contributed by atoms with Gasteiger partial charge in [-0.1, -0.05) is 24.9 Å². The molecule has 0 N–H and O–H groups in total. The summed E-state index contributed by atoms with van der Waals surface area (Å²) in [5.41, 5.74) is 0. The average molecular weight is 104 g/mol. The fraction of sp³-hybridized carbons (Fsp3) is 0.600. The van der Waals surface area contributed by atoms with E-state index in [0.717, 1.165) is 12.8 Å². The molecule has 0 aromatic rings. The monoisotopic (exact) mass is 103 g/mol. The zero-order valence-corrected chi connectivity index (χ0v) is 4.63. The Kier molecular flexibility index (Phi) is 3.24. The largest absolute Gasteiger partial charge is 0.0892 e. The molecule has 0 atom stereocenters. The maximum Gasteiger partial charge on any atom is 0.0181 e. The van der Waals surface area contributed by atoms with E-state index in [0.29, 0.717) is 5.03 Å². The molecule has 0 aliphatic rings. The smallest absolute Gasteiger partial charge is 0.0181 e. The summed E-state index contributed by atoms with van der Waals surface area (Å²) in [6.07, 6.45) is 1.87. The lowest BCUT2D eigenvalue weighted by Crippen LogP contribution is -1.63. The minimum Gasteiger partial charge on any atom is -0.0892 e. The molecule has 0 bridgehead atoms. The molecule has 6 heavy (non-hydrogen) atoms. The van der Waals surface area contributed by atoms with Gasteiger partial charge < -0.3 is 0 Å². The summed E-state index contributed by atoms with van der Waals surface area (Å²) in [6, 6.07) is 0. The van der Waals surface area contributed by atoms with Gasteiger partial charge in [-0.25, -0.2) is 0 Å². The van der Waals surface area contributed by atoms with Crippen molar-refractivity contribution in [3.8, 4) is 0 Å². The van der Waals surface area contributed by atoms with Gasteiger partial charge in [0.2, 0.25) is 0 Å². The average Bonchev–Trinajstić information content (AvgIpc) is 1.35. The van der Waals surface area contributed by atoms with Crippen LogP contribution < -0.4 is 0 Å². The van der Waals surface area contributed by atoms with Gasteiger partial charge in [-0.05, 0) is 13.0 Å². The van der Waals surface area contributed by atoms with E-state index < -0.39 is 0 Å². The van der Waals surface area contributed by atoms with E-state index in [4.69, 9.17) is 18.2 Å². The standard InChI is InChI=1S/C5H8Cl/c1-3-4-5(2)6/h2H,3-4H2,1H3. The second-order valence-corrected chi connectivity index (χ2v) is 1.68. The topological polar surface area (TPSA) is 0 Å². The van der Waals surface area contributed by atoms with Crippen molar-refractivity contribution >= 4 is 11.6 Å². The number of rotatable bonds is 2. The molecule has 0 saturated heterocycles. The molecule has 0 heterocycles. The van der Waals surface area contributed by atoms with E-state index in [1.165, 1.54) is 0 Å². The maximum absolute atomic E-state index is 5.27. The quantitative estimate of drug-likeness (QED) is 0.503. The van der Waals surface area contributed by atoms with Crippen molar-refractivity contribution < 1.29 is 0 Å². The van der Waals surface area contributed by atoms with Crippen LogP contribution in [-0.2, 0) is 0 Å². The molecule has 0 spiro atoms. The first kappa shape index (κ1) is 6.03. The van der Waals surface area contributed by atoms with Crippen LogP contribution in [0.1, 0.15) is 19.8 Å². The fourth-order valence-corrected chi connectivity index (χ4v) is 0.428. The van der Waals surface area contributed by atoms with Crippen LogP contribution in [0, 0.1) is 6.58 Å². The lowest BCUT2D eigenvalue weighted by atomic mass is 10.3. The molecule has 35 valence electrons. The van der Waals surface area contributed by atoms with Crippen molar-refractivity contribution in [3.63, 3.8) is 0 Å².